The molecule has 1 aromatic carbocycles. The van der Waals surface area contributed by atoms with Crippen molar-refractivity contribution in [1.29, 1.82) is 0 Å². The third kappa shape index (κ3) is 2.65. The lowest BCUT2D eigenvalue weighted by Crippen LogP contribution is -2.39. The lowest BCUT2D eigenvalue weighted by molar-refractivity contribution is 0.0646. The first kappa shape index (κ1) is 13.3. The molecule has 1 saturated heterocycles. The SMILES string of the molecule is O=C(c1cccc(Cl)c1F)N1CCC(CO)CC1. The molecule has 98 valence electrons. The Bertz CT molecular complexity index is 445. The van der Waals surface area contributed by atoms with Crippen LogP contribution in [-0.4, -0.2) is 35.6 Å². The predicted molar refractivity (Wildman–Crippen MR) is 67.1 cm³/mol. The number of likely N-dealkylation sites (tertiary alicyclic amines) is 1. The molecule has 1 aromatic rings. The number of hydrogen-bond donors (Lipinski definition) is 1. The number of hydrogen-bond acceptors (Lipinski definition) is 2. The molecule has 0 saturated carbocycles. The fourth-order valence-corrected chi connectivity index (χ4v) is 2.33. The molecule has 1 aliphatic rings. The normalized spacial score (nSPS) is 16.9. The summed E-state index contributed by atoms with van der Waals surface area (Å²) in [7, 11) is 0. The van der Waals surface area contributed by atoms with Gasteiger partial charge in [-0.15, -0.1) is 0 Å². The quantitative estimate of drug-likeness (QED) is 0.897. The maximum atomic E-state index is 13.7. The zero-order valence-electron chi connectivity index (χ0n) is 9.90. The van der Waals surface area contributed by atoms with Crippen LogP contribution >= 0.6 is 11.6 Å². The van der Waals surface area contributed by atoms with Crippen molar-refractivity contribution >= 4 is 17.5 Å². The molecule has 3 nitrogen and oxygen atoms in total. The molecule has 0 aliphatic carbocycles. The minimum absolute atomic E-state index is 0.0185. The summed E-state index contributed by atoms with van der Waals surface area (Å²) in [6.07, 6.45) is 1.51. The van der Waals surface area contributed by atoms with Crippen LogP contribution in [0.4, 0.5) is 4.39 Å². The van der Waals surface area contributed by atoms with Crippen molar-refractivity contribution < 1.29 is 14.3 Å². The van der Waals surface area contributed by atoms with Crippen LogP contribution in [0.15, 0.2) is 18.2 Å². The van der Waals surface area contributed by atoms with Crippen LogP contribution in [0.5, 0.6) is 0 Å². The molecule has 0 aromatic heterocycles. The van der Waals surface area contributed by atoms with E-state index in [0.29, 0.717) is 13.1 Å². The summed E-state index contributed by atoms with van der Waals surface area (Å²) < 4.78 is 13.7. The van der Waals surface area contributed by atoms with Gasteiger partial charge in [0.15, 0.2) is 5.82 Å². The van der Waals surface area contributed by atoms with E-state index in [2.05, 4.69) is 0 Å². The largest absolute Gasteiger partial charge is 0.396 e. The first-order valence-electron chi connectivity index (χ1n) is 5.97. The summed E-state index contributed by atoms with van der Waals surface area (Å²) in [4.78, 5) is 13.7. The average molecular weight is 272 g/mol. The van der Waals surface area contributed by atoms with E-state index in [1.165, 1.54) is 12.1 Å². The Morgan fingerprint density at radius 1 is 1.44 bits per heavy atom. The van der Waals surface area contributed by atoms with Gasteiger partial charge in [-0.1, -0.05) is 17.7 Å². The molecule has 0 radical (unpaired) electrons. The van der Waals surface area contributed by atoms with Crippen LogP contribution in [-0.2, 0) is 0 Å². The number of nitrogens with zero attached hydrogens (tertiary/aromatic N) is 1. The molecule has 1 fully saturated rings. The number of carbonyl (C=O) groups is 1. The summed E-state index contributed by atoms with van der Waals surface area (Å²) in [5.74, 6) is -0.738. The van der Waals surface area contributed by atoms with E-state index < -0.39 is 5.82 Å². The van der Waals surface area contributed by atoms with Gasteiger partial charge in [0.1, 0.15) is 0 Å². The molecule has 0 spiro atoms. The molecule has 0 bridgehead atoms. The van der Waals surface area contributed by atoms with Crippen molar-refractivity contribution in [2.24, 2.45) is 5.92 Å². The van der Waals surface area contributed by atoms with Gasteiger partial charge in [0, 0.05) is 19.7 Å². The summed E-state index contributed by atoms with van der Waals surface area (Å²) in [5, 5.41) is 9.00. The van der Waals surface area contributed by atoms with Crippen molar-refractivity contribution in [2.75, 3.05) is 19.7 Å². The maximum absolute atomic E-state index is 13.7. The van der Waals surface area contributed by atoms with Crippen molar-refractivity contribution in [2.45, 2.75) is 12.8 Å². The number of halogens is 2. The summed E-state index contributed by atoms with van der Waals surface area (Å²) >= 11 is 5.66. The highest BCUT2D eigenvalue weighted by atomic mass is 35.5. The van der Waals surface area contributed by atoms with Crippen LogP contribution < -0.4 is 0 Å². The van der Waals surface area contributed by atoms with E-state index in [-0.39, 0.29) is 29.0 Å². The Labute approximate surface area is 110 Å². The van der Waals surface area contributed by atoms with E-state index >= 15 is 0 Å². The summed E-state index contributed by atoms with van der Waals surface area (Å²) in [6.45, 7) is 1.25. The van der Waals surface area contributed by atoms with Gasteiger partial charge in [-0.25, -0.2) is 4.39 Å². The second kappa shape index (κ2) is 5.67. The number of benzene rings is 1. The van der Waals surface area contributed by atoms with Gasteiger partial charge in [-0.2, -0.15) is 0 Å². The number of piperidine rings is 1. The highest BCUT2D eigenvalue weighted by Crippen LogP contribution is 2.22. The summed E-state index contributed by atoms with van der Waals surface area (Å²) in [6, 6.07) is 4.44. The van der Waals surface area contributed by atoms with E-state index in [9.17, 15) is 9.18 Å². The first-order valence-corrected chi connectivity index (χ1v) is 6.35. The minimum Gasteiger partial charge on any atom is -0.396 e. The molecule has 1 N–H and O–H groups in total. The zero-order chi connectivity index (χ0) is 13.1. The second-order valence-corrected chi connectivity index (χ2v) is 4.93. The average Bonchev–Trinajstić information content (AvgIpc) is 2.41. The molecule has 18 heavy (non-hydrogen) atoms. The topological polar surface area (TPSA) is 40.5 Å². The fraction of sp³-hybridized carbons (Fsp3) is 0.462. The van der Waals surface area contributed by atoms with Crippen molar-refractivity contribution in [1.82, 2.24) is 4.90 Å². The van der Waals surface area contributed by atoms with E-state index in [4.69, 9.17) is 16.7 Å². The van der Waals surface area contributed by atoms with Gasteiger partial charge in [0.05, 0.1) is 10.6 Å². The number of aliphatic hydroxyl groups is 1. The van der Waals surface area contributed by atoms with Crippen molar-refractivity contribution in [3.63, 3.8) is 0 Å². The lowest BCUT2D eigenvalue weighted by Gasteiger charge is -2.31. The molecular weight excluding hydrogens is 257 g/mol. The Morgan fingerprint density at radius 3 is 2.72 bits per heavy atom. The highest BCUT2D eigenvalue weighted by molar-refractivity contribution is 6.31. The number of rotatable bonds is 2. The fourth-order valence-electron chi connectivity index (χ4n) is 2.16. The van der Waals surface area contributed by atoms with Crippen molar-refractivity contribution in [3.8, 4) is 0 Å². The lowest BCUT2D eigenvalue weighted by atomic mass is 9.97. The van der Waals surface area contributed by atoms with E-state index in [1.807, 2.05) is 0 Å². The Kier molecular flexibility index (Phi) is 4.19. The number of amides is 1. The van der Waals surface area contributed by atoms with Gasteiger partial charge < -0.3 is 10.0 Å². The Hall–Kier alpha value is -1.13. The third-order valence-corrected chi connectivity index (χ3v) is 3.63. The second-order valence-electron chi connectivity index (χ2n) is 4.52. The van der Waals surface area contributed by atoms with Gasteiger partial charge >= 0.3 is 0 Å². The van der Waals surface area contributed by atoms with Crippen LogP contribution in [0, 0.1) is 11.7 Å². The van der Waals surface area contributed by atoms with Gasteiger partial charge in [-0.3, -0.25) is 4.79 Å². The molecule has 2 rings (SSSR count). The van der Waals surface area contributed by atoms with Crippen LogP contribution in [0.1, 0.15) is 23.2 Å². The van der Waals surface area contributed by atoms with Crippen LogP contribution in [0.2, 0.25) is 5.02 Å². The Morgan fingerprint density at radius 2 is 2.11 bits per heavy atom. The van der Waals surface area contributed by atoms with Gasteiger partial charge in [0.2, 0.25) is 0 Å². The molecule has 1 amide bonds. The maximum Gasteiger partial charge on any atom is 0.256 e. The van der Waals surface area contributed by atoms with Gasteiger partial charge in [0.25, 0.3) is 5.91 Å². The molecule has 0 unspecified atom stereocenters. The molecule has 0 atom stereocenters. The highest BCUT2D eigenvalue weighted by Gasteiger charge is 2.25. The smallest absolute Gasteiger partial charge is 0.256 e. The number of carbonyl (C=O) groups excluding carboxylic acids is 1. The standard InChI is InChI=1S/C13H15ClFNO2/c14-11-3-1-2-10(12(11)15)13(18)16-6-4-9(8-17)5-7-16/h1-3,9,17H,4-8H2. The predicted octanol–water partition coefficient (Wildman–Crippen LogP) is 2.32. The van der Waals surface area contributed by atoms with E-state index in [0.717, 1.165) is 12.8 Å². The van der Waals surface area contributed by atoms with Gasteiger partial charge in [-0.05, 0) is 30.9 Å². The number of aliphatic hydroxyl groups excluding tert-OH is 1. The zero-order valence-corrected chi connectivity index (χ0v) is 10.7. The minimum atomic E-state index is -0.659. The molecule has 1 heterocycles. The van der Waals surface area contributed by atoms with Crippen LogP contribution in [0.25, 0.3) is 0 Å². The monoisotopic (exact) mass is 271 g/mol. The molecule has 1 aliphatic heterocycles. The third-order valence-electron chi connectivity index (χ3n) is 3.34. The summed E-state index contributed by atoms with van der Waals surface area (Å²) in [5.41, 5.74) is 0.0185. The van der Waals surface area contributed by atoms with E-state index in [1.54, 1.807) is 11.0 Å². The molecular formula is C13H15ClFNO2. The Balaban J connectivity index is 2.10. The first-order chi connectivity index (χ1) is 8.63. The van der Waals surface area contributed by atoms with Crippen LogP contribution in [0.3, 0.4) is 0 Å². The molecule has 5 heteroatoms. The van der Waals surface area contributed by atoms with Crippen molar-refractivity contribution in [3.05, 3.63) is 34.6 Å².